The highest BCUT2D eigenvalue weighted by Crippen LogP contribution is 2.22. The van der Waals surface area contributed by atoms with Crippen LogP contribution in [0.3, 0.4) is 0 Å². The maximum Gasteiger partial charge on any atom is 0.269 e. The summed E-state index contributed by atoms with van der Waals surface area (Å²) in [6.45, 7) is 0. The summed E-state index contributed by atoms with van der Waals surface area (Å²) in [7, 11) is -3.93. The maximum absolute atomic E-state index is 10.6. The van der Waals surface area contributed by atoms with E-state index >= 15 is 0 Å². The second kappa shape index (κ2) is 3.34. The van der Waals surface area contributed by atoms with E-state index in [-0.39, 0.29) is 5.75 Å². The molecule has 2 rings (SSSR count). The largest absolute Gasteiger partial charge is 0.285 e. The van der Waals surface area contributed by atoms with Gasteiger partial charge in [0.05, 0.1) is 0 Å². The first-order chi connectivity index (χ1) is 6.54. The minimum Gasteiger partial charge on any atom is -0.285 e. The van der Waals surface area contributed by atoms with Crippen molar-refractivity contribution in [2.24, 2.45) is 0 Å². The van der Waals surface area contributed by atoms with Crippen molar-refractivity contribution in [2.45, 2.75) is 5.75 Å². The Morgan fingerprint density at radius 2 is 2.07 bits per heavy atom. The lowest BCUT2D eigenvalue weighted by atomic mass is 10.2. The van der Waals surface area contributed by atoms with Crippen LogP contribution in [0.25, 0.3) is 10.1 Å². The van der Waals surface area contributed by atoms with E-state index in [2.05, 4.69) is 0 Å². The van der Waals surface area contributed by atoms with Crippen molar-refractivity contribution >= 4 is 31.5 Å². The smallest absolute Gasteiger partial charge is 0.269 e. The number of hydrogen-bond acceptors (Lipinski definition) is 3. The summed E-state index contributed by atoms with van der Waals surface area (Å²) in [5.41, 5.74) is 0.610. The average Bonchev–Trinajstić information content (AvgIpc) is 2.47. The van der Waals surface area contributed by atoms with Gasteiger partial charge in [-0.1, -0.05) is 6.07 Å². The summed E-state index contributed by atoms with van der Waals surface area (Å²) in [6, 6.07) is 7.28. The molecule has 0 unspecified atom stereocenters. The van der Waals surface area contributed by atoms with Crippen molar-refractivity contribution in [3.63, 3.8) is 0 Å². The van der Waals surface area contributed by atoms with Gasteiger partial charge in [0.2, 0.25) is 0 Å². The third-order valence-electron chi connectivity index (χ3n) is 1.87. The van der Waals surface area contributed by atoms with Crippen molar-refractivity contribution in [3.8, 4) is 0 Å². The third-order valence-corrected chi connectivity index (χ3v) is 3.46. The summed E-state index contributed by atoms with van der Waals surface area (Å²) in [6.07, 6.45) is 0. The molecule has 0 radical (unpaired) electrons. The lowest BCUT2D eigenvalue weighted by Gasteiger charge is -1.98. The van der Waals surface area contributed by atoms with Gasteiger partial charge in [-0.2, -0.15) is 8.42 Å². The van der Waals surface area contributed by atoms with Crippen LogP contribution in [0.5, 0.6) is 0 Å². The van der Waals surface area contributed by atoms with E-state index in [0.717, 1.165) is 10.1 Å². The monoisotopic (exact) mass is 228 g/mol. The summed E-state index contributed by atoms with van der Waals surface area (Å²) < 4.78 is 31.0. The second-order valence-corrected chi connectivity index (χ2v) is 5.42. The van der Waals surface area contributed by atoms with Gasteiger partial charge in [0.25, 0.3) is 10.1 Å². The van der Waals surface area contributed by atoms with Gasteiger partial charge in [-0.05, 0) is 34.5 Å². The standard InChI is InChI=1S/C9H8O3S2/c10-14(11,12)6-7-1-2-9-8(5-7)3-4-13-9/h1-5H,6H2,(H,10,11,12). The first kappa shape index (κ1) is 9.64. The van der Waals surface area contributed by atoms with Gasteiger partial charge < -0.3 is 0 Å². The van der Waals surface area contributed by atoms with Crippen LogP contribution in [-0.2, 0) is 15.9 Å². The fraction of sp³-hybridized carbons (Fsp3) is 0.111. The van der Waals surface area contributed by atoms with Gasteiger partial charge in [0.15, 0.2) is 0 Å². The van der Waals surface area contributed by atoms with Crippen LogP contribution >= 0.6 is 11.3 Å². The molecule has 1 aromatic carbocycles. The van der Waals surface area contributed by atoms with E-state index in [0.29, 0.717) is 5.56 Å². The van der Waals surface area contributed by atoms with Crippen molar-refractivity contribution in [3.05, 3.63) is 35.2 Å². The second-order valence-electron chi connectivity index (χ2n) is 3.02. The Morgan fingerprint density at radius 1 is 1.29 bits per heavy atom. The number of rotatable bonds is 2. The summed E-state index contributed by atoms with van der Waals surface area (Å²) in [4.78, 5) is 0. The van der Waals surface area contributed by atoms with Crippen molar-refractivity contribution in [2.75, 3.05) is 0 Å². The Balaban J connectivity index is 2.44. The van der Waals surface area contributed by atoms with Crippen LogP contribution < -0.4 is 0 Å². The zero-order valence-electron chi connectivity index (χ0n) is 7.17. The molecule has 5 heteroatoms. The molecule has 0 aliphatic rings. The molecule has 0 atom stereocenters. The SMILES string of the molecule is O=S(=O)(O)Cc1ccc2sccc2c1. The minimum absolute atomic E-state index is 0.321. The van der Waals surface area contributed by atoms with Gasteiger partial charge >= 0.3 is 0 Å². The molecule has 14 heavy (non-hydrogen) atoms. The lowest BCUT2D eigenvalue weighted by molar-refractivity contribution is 0.482. The van der Waals surface area contributed by atoms with Crippen LogP contribution in [0.15, 0.2) is 29.6 Å². The van der Waals surface area contributed by atoms with Gasteiger partial charge in [-0.25, -0.2) is 0 Å². The molecule has 3 nitrogen and oxygen atoms in total. The van der Waals surface area contributed by atoms with Crippen LogP contribution in [0, 0.1) is 0 Å². The average molecular weight is 228 g/mol. The highest BCUT2D eigenvalue weighted by atomic mass is 32.2. The van der Waals surface area contributed by atoms with Crippen molar-refractivity contribution < 1.29 is 13.0 Å². The van der Waals surface area contributed by atoms with Gasteiger partial charge in [-0.3, -0.25) is 4.55 Å². The Labute approximate surface area is 85.7 Å². The molecule has 74 valence electrons. The molecule has 0 bridgehead atoms. The summed E-state index contributed by atoms with van der Waals surface area (Å²) in [5.74, 6) is -0.321. The van der Waals surface area contributed by atoms with E-state index in [1.807, 2.05) is 17.5 Å². The van der Waals surface area contributed by atoms with E-state index in [1.54, 1.807) is 23.5 Å². The van der Waals surface area contributed by atoms with Crippen molar-refractivity contribution in [1.82, 2.24) is 0 Å². The Kier molecular flexibility index (Phi) is 2.30. The summed E-state index contributed by atoms with van der Waals surface area (Å²) in [5, 5.41) is 2.96. The first-order valence-corrected chi connectivity index (χ1v) is 6.45. The quantitative estimate of drug-likeness (QED) is 0.802. The number of fused-ring (bicyclic) bond motifs is 1. The number of thiophene rings is 1. The molecule has 0 spiro atoms. The lowest BCUT2D eigenvalue weighted by Crippen LogP contribution is -2.00. The van der Waals surface area contributed by atoms with Gasteiger partial charge in [0.1, 0.15) is 5.75 Å². The zero-order chi connectivity index (χ0) is 10.2. The Hall–Kier alpha value is -0.910. The molecule has 1 heterocycles. The van der Waals surface area contributed by atoms with Crippen molar-refractivity contribution in [1.29, 1.82) is 0 Å². The summed E-state index contributed by atoms with van der Waals surface area (Å²) >= 11 is 1.60. The molecule has 2 aromatic rings. The van der Waals surface area contributed by atoms with E-state index in [9.17, 15) is 8.42 Å². The highest BCUT2D eigenvalue weighted by Gasteiger charge is 2.06. The Morgan fingerprint density at radius 3 is 2.79 bits per heavy atom. The van der Waals surface area contributed by atoms with Crippen LogP contribution in [0.4, 0.5) is 0 Å². The van der Waals surface area contributed by atoms with Crippen LogP contribution in [0.2, 0.25) is 0 Å². The molecule has 0 fully saturated rings. The topological polar surface area (TPSA) is 54.4 Å². The minimum atomic E-state index is -3.93. The fourth-order valence-electron chi connectivity index (χ4n) is 1.32. The maximum atomic E-state index is 10.6. The zero-order valence-corrected chi connectivity index (χ0v) is 8.81. The number of benzene rings is 1. The van der Waals surface area contributed by atoms with Gasteiger partial charge in [-0.15, -0.1) is 11.3 Å². The van der Waals surface area contributed by atoms with E-state index in [4.69, 9.17) is 4.55 Å². The molecule has 0 amide bonds. The molecule has 0 aliphatic heterocycles. The number of hydrogen-bond donors (Lipinski definition) is 1. The molecule has 0 saturated heterocycles. The molecular weight excluding hydrogens is 220 g/mol. The first-order valence-electron chi connectivity index (χ1n) is 3.96. The molecule has 0 aliphatic carbocycles. The predicted octanol–water partition coefficient (Wildman–Crippen LogP) is 2.29. The van der Waals surface area contributed by atoms with E-state index < -0.39 is 10.1 Å². The Bertz CT molecular complexity index is 554. The third kappa shape index (κ3) is 2.12. The molecular formula is C9H8O3S2. The normalized spacial score (nSPS) is 12.1. The predicted molar refractivity (Wildman–Crippen MR) is 57.1 cm³/mol. The fourth-order valence-corrected chi connectivity index (χ4v) is 2.69. The molecule has 1 aromatic heterocycles. The highest BCUT2D eigenvalue weighted by molar-refractivity contribution is 7.85. The van der Waals surface area contributed by atoms with E-state index in [1.165, 1.54) is 0 Å². The molecule has 0 saturated carbocycles. The van der Waals surface area contributed by atoms with Crippen LogP contribution in [-0.4, -0.2) is 13.0 Å². The molecule has 1 N–H and O–H groups in total. The van der Waals surface area contributed by atoms with Crippen LogP contribution in [0.1, 0.15) is 5.56 Å². The van der Waals surface area contributed by atoms with Gasteiger partial charge in [0, 0.05) is 4.70 Å².